The number of hydrogen-bond acceptors (Lipinski definition) is 4. The van der Waals surface area contributed by atoms with Crippen LogP contribution in [0.3, 0.4) is 0 Å². The first-order valence-corrected chi connectivity index (χ1v) is 10.1. The number of hydrogen-bond donors (Lipinski definition) is 1. The van der Waals surface area contributed by atoms with Crippen LogP contribution in [0.1, 0.15) is 58.3 Å². The molecule has 0 amide bonds. The van der Waals surface area contributed by atoms with E-state index in [4.69, 9.17) is 9.47 Å². The van der Waals surface area contributed by atoms with Crippen LogP contribution in [-0.4, -0.2) is 48.5 Å². The Morgan fingerprint density at radius 3 is 2.57 bits per heavy atom. The smallest absolute Gasteiger partial charge is 0.0723 e. The van der Waals surface area contributed by atoms with Crippen LogP contribution < -0.4 is 5.32 Å². The normalized spacial score (nSPS) is 36.7. The number of thioether (sulfide) groups is 1. The summed E-state index contributed by atoms with van der Waals surface area (Å²) in [6, 6.07) is 0.728. The van der Waals surface area contributed by atoms with Gasteiger partial charge in [-0.05, 0) is 63.0 Å². The second-order valence-electron chi connectivity index (χ2n) is 6.93. The largest absolute Gasteiger partial charge is 0.375 e. The minimum Gasteiger partial charge on any atom is -0.375 e. The Kier molecular flexibility index (Phi) is 5.88. The fourth-order valence-electron chi connectivity index (χ4n) is 4.15. The van der Waals surface area contributed by atoms with E-state index >= 15 is 0 Å². The maximum Gasteiger partial charge on any atom is 0.0723 e. The SMILES string of the molecule is CCNC1CCC(OC2CCOC3(CCSCC3)C2)CC1. The minimum atomic E-state index is 0.162. The Morgan fingerprint density at radius 1 is 1.10 bits per heavy atom. The molecule has 0 radical (unpaired) electrons. The van der Waals surface area contributed by atoms with E-state index in [0.717, 1.165) is 32.0 Å². The van der Waals surface area contributed by atoms with Gasteiger partial charge in [0.15, 0.2) is 0 Å². The highest BCUT2D eigenvalue weighted by Crippen LogP contribution is 2.39. The maximum absolute atomic E-state index is 6.47. The molecule has 1 saturated carbocycles. The summed E-state index contributed by atoms with van der Waals surface area (Å²) in [5.41, 5.74) is 0.162. The van der Waals surface area contributed by atoms with Gasteiger partial charge in [0.2, 0.25) is 0 Å². The van der Waals surface area contributed by atoms with Gasteiger partial charge in [-0.2, -0.15) is 11.8 Å². The van der Waals surface area contributed by atoms with Gasteiger partial charge in [0, 0.05) is 19.1 Å². The van der Waals surface area contributed by atoms with Crippen molar-refractivity contribution in [2.75, 3.05) is 24.7 Å². The molecule has 1 unspecified atom stereocenters. The second-order valence-corrected chi connectivity index (χ2v) is 8.15. The first-order valence-electron chi connectivity index (χ1n) is 8.90. The van der Waals surface area contributed by atoms with Gasteiger partial charge in [0.1, 0.15) is 0 Å². The van der Waals surface area contributed by atoms with Crippen molar-refractivity contribution in [2.45, 2.75) is 82.1 Å². The Morgan fingerprint density at radius 2 is 1.86 bits per heavy atom. The third kappa shape index (κ3) is 4.37. The Hall–Kier alpha value is 0.230. The van der Waals surface area contributed by atoms with Gasteiger partial charge in [0.05, 0.1) is 17.8 Å². The fourth-order valence-corrected chi connectivity index (χ4v) is 5.39. The molecule has 3 nitrogen and oxygen atoms in total. The molecule has 1 spiro atoms. The highest BCUT2D eigenvalue weighted by molar-refractivity contribution is 7.99. The van der Waals surface area contributed by atoms with Crippen LogP contribution in [0.2, 0.25) is 0 Å². The van der Waals surface area contributed by atoms with Crippen molar-refractivity contribution in [3.63, 3.8) is 0 Å². The van der Waals surface area contributed by atoms with Crippen molar-refractivity contribution in [1.82, 2.24) is 5.32 Å². The van der Waals surface area contributed by atoms with Crippen molar-refractivity contribution >= 4 is 11.8 Å². The standard InChI is InChI=1S/C17H31NO2S/c1-2-18-14-3-5-15(6-4-14)20-16-7-10-19-17(13-16)8-11-21-12-9-17/h14-16,18H,2-13H2,1H3. The van der Waals surface area contributed by atoms with Gasteiger partial charge in [-0.1, -0.05) is 6.92 Å². The predicted octanol–water partition coefficient (Wildman–Crippen LogP) is 3.37. The lowest BCUT2D eigenvalue weighted by molar-refractivity contribution is -0.154. The molecule has 0 aromatic heterocycles. The molecular formula is C17H31NO2S. The summed E-state index contributed by atoms with van der Waals surface area (Å²) in [5, 5.41) is 3.58. The first-order chi connectivity index (χ1) is 10.3. The van der Waals surface area contributed by atoms with E-state index in [0.29, 0.717) is 12.2 Å². The zero-order valence-corrected chi connectivity index (χ0v) is 14.3. The van der Waals surface area contributed by atoms with Crippen LogP contribution in [-0.2, 0) is 9.47 Å². The molecule has 2 aliphatic heterocycles. The van der Waals surface area contributed by atoms with E-state index in [1.54, 1.807) is 0 Å². The van der Waals surface area contributed by atoms with Crippen LogP contribution in [0.5, 0.6) is 0 Å². The average Bonchev–Trinajstić information content (AvgIpc) is 2.50. The zero-order valence-electron chi connectivity index (χ0n) is 13.4. The lowest BCUT2D eigenvalue weighted by Crippen LogP contribution is -2.46. The van der Waals surface area contributed by atoms with Gasteiger partial charge < -0.3 is 14.8 Å². The molecule has 1 atom stereocenters. The summed E-state index contributed by atoms with van der Waals surface area (Å²) >= 11 is 2.08. The van der Waals surface area contributed by atoms with Crippen LogP contribution >= 0.6 is 11.8 Å². The van der Waals surface area contributed by atoms with Crippen LogP contribution in [0.4, 0.5) is 0 Å². The minimum absolute atomic E-state index is 0.162. The zero-order chi connectivity index (χ0) is 14.5. The van der Waals surface area contributed by atoms with Crippen LogP contribution in [0, 0.1) is 0 Å². The lowest BCUT2D eigenvalue weighted by atomic mass is 9.86. The molecule has 122 valence electrons. The molecule has 3 aliphatic rings. The number of nitrogens with one attached hydrogen (secondary N) is 1. The van der Waals surface area contributed by atoms with E-state index in [-0.39, 0.29) is 5.60 Å². The lowest BCUT2D eigenvalue weighted by Gasteiger charge is -2.44. The summed E-state index contributed by atoms with van der Waals surface area (Å²) in [7, 11) is 0. The second kappa shape index (κ2) is 7.67. The molecule has 0 bridgehead atoms. The molecular weight excluding hydrogens is 282 g/mol. The van der Waals surface area contributed by atoms with Crippen molar-refractivity contribution in [3.8, 4) is 0 Å². The van der Waals surface area contributed by atoms with Crippen LogP contribution in [0.25, 0.3) is 0 Å². The molecule has 2 heterocycles. The molecule has 3 rings (SSSR count). The molecule has 2 saturated heterocycles. The Labute approximate surface area is 133 Å². The summed E-state index contributed by atoms with van der Waals surface area (Å²) < 4.78 is 12.6. The van der Waals surface area contributed by atoms with Gasteiger partial charge in [-0.3, -0.25) is 0 Å². The summed E-state index contributed by atoms with van der Waals surface area (Å²) in [5.74, 6) is 2.53. The quantitative estimate of drug-likeness (QED) is 0.862. The van der Waals surface area contributed by atoms with Gasteiger partial charge in [-0.15, -0.1) is 0 Å². The molecule has 4 heteroatoms. The molecule has 0 aromatic rings. The highest BCUT2D eigenvalue weighted by Gasteiger charge is 2.40. The molecule has 3 fully saturated rings. The van der Waals surface area contributed by atoms with Crippen molar-refractivity contribution < 1.29 is 9.47 Å². The topological polar surface area (TPSA) is 30.5 Å². The average molecular weight is 314 g/mol. The van der Waals surface area contributed by atoms with Crippen molar-refractivity contribution in [2.24, 2.45) is 0 Å². The van der Waals surface area contributed by atoms with Crippen molar-refractivity contribution in [1.29, 1.82) is 0 Å². The van der Waals surface area contributed by atoms with E-state index in [9.17, 15) is 0 Å². The van der Waals surface area contributed by atoms with Crippen molar-refractivity contribution in [3.05, 3.63) is 0 Å². The molecule has 21 heavy (non-hydrogen) atoms. The van der Waals surface area contributed by atoms with E-state index in [1.807, 2.05) is 0 Å². The number of ether oxygens (including phenoxy) is 2. The maximum atomic E-state index is 6.47. The monoisotopic (exact) mass is 313 g/mol. The van der Waals surface area contributed by atoms with E-state index in [1.165, 1.54) is 50.0 Å². The third-order valence-electron chi connectivity index (χ3n) is 5.40. The number of rotatable bonds is 4. The summed E-state index contributed by atoms with van der Waals surface area (Å²) in [4.78, 5) is 0. The first kappa shape index (κ1) is 16.1. The molecule has 0 aromatic carbocycles. The summed E-state index contributed by atoms with van der Waals surface area (Å²) in [6.07, 6.45) is 10.7. The molecule has 1 N–H and O–H groups in total. The van der Waals surface area contributed by atoms with Gasteiger partial charge >= 0.3 is 0 Å². The van der Waals surface area contributed by atoms with E-state index in [2.05, 4.69) is 24.0 Å². The van der Waals surface area contributed by atoms with Gasteiger partial charge in [-0.25, -0.2) is 0 Å². The predicted molar refractivity (Wildman–Crippen MR) is 89.1 cm³/mol. The van der Waals surface area contributed by atoms with E-state index < -0.39 is 0 Å². The van der Waals surface area contributed by atoms with Crippen LogP contribution in [0.15, 0.2) is 0 Å². The molecule has 1 aliphatic carbocycles. The third-order valence-corrected chi connectivity index (χ3v) is 6.39. The Bertz CT molecular complexity index is 306. The Balaban J connectivity index is 1.45. The summed E-state index contributed by atoms with van der Waals surface area (Å²) in [6.45, 7) is 4.20. The highest BCUT2D eigenvalue weighted by atomic mass is 32.2. The van der Waals surface area contributed by atoms with Gasteiger partial charge in [0.25, 0.3) is 0 Å². The fraction of sp³-hybridized carbons (Fsp3) is 1.00.